The Kier molecular flexibility index (Phi) is 4.08. The van der Waals surface area contributed by atoms with Crippen LogP contribution in [0, 0.1) is 0 Å². The van der Waals surface area contributed by atoms with Crippen molar-refractivity contribution in [3.05, 3.63) is 41.9 Å². The van der Waals surface area contributed by atoms with Gasteiger partial charge in [-0.1, -0.05) is 11.6 Å². The molecule has 0 saturated carbocycles. The second-order valence-electron chi connectivity index (χ2n) is 6.14. The molecular weight excluding hydrogens is 324 g/mol. The maximum Gasteiger partial charge on any atom is 0.145 e. The van der Waals surface area contributed by atoms with Crippen molar-refractivity contribution in [1.29, 1.82) is 0 Å². The number of hydrogen-bond donors (Lipinski definition) is 2. The highest BCUT2D eigenvalue weighted by Gasteiger charge is 2.21. The molecule has 0 radical (unpaired) electrons. The molecule has 2 N–H and O–H groups in total. The molecule has 7 heteroatoms. The summed E-state index contributed by atoms with van der Waals surface area (Å²) in [6.07, 6.45) is 9.52. The van der Waals surface area contributed by atoms with E-state index in [1.807, 2.05) is 22.7 Å². The minimum atomic E-state index is 0.365. The molecule has 1 aliphatic rings. The highest BCUT2D eigenvalue weighted by Crippen LogP contribution is 2.22. The van der Waals surface area contributed by atoms with E-state index < -0.39 is 0 Å². The molecule has 4 rings (SSSR count). The molecule has 0 bridgehead atoms. The summed E-state index contributed by atoms with van der Waals surface area (Å²) in [5.41, 5.74) is 2.47. The number of aromatic nitrogens is 4. The third-order valence-electron chi connectivity index (χ3n) is 4.47. The van der Waals surface area contributed by atoms with Crippen LogP contribution in [0.4, 0.5) is 5.82 Å². The molecule has 0 aliphatic carbocycles. The lowest BCUT2D eigenvalue weighted by Gasteiger charge is -2.30. The Bertz CT molecular complexity index is 861. The van der Waals surface area contributed by atoms with Gasteiger partial charge in [-0.25, -0.2) is 9.97 Å². The minimum Gasteiger partial charge on any atom is -0.364 e. The van der Waals surface area contributed by atoms with Crippen molar-refractivity contribution in [3.8, 4) is 11.4 Å². The molecule has 3 aromatic heterocycles. The van der Waals surface area contributed by atoms with E-state index in [-0.39, 0.29) is 0 Å². The Balaban J connectivity index is 1.64. The van der Waals surface area contributed by atoms with Crippen LogP contribution in [0.2, 0.25) is 5.02 Å². The van der Waals surface area contributed by atoms with Gasteiger partial charge in [0.25, 0.3) is 0 Å². The number of fused-ring (bicyclic) bond motifs is 1. The van der Waals surface area contributed by atoms with Crippen molar-refractivity contribution in [2.24, 2.45) is 0 Å². The lowest BCUT2D eigenvalue weighted by atomic mass is 10.00. The van der Waals surface area contributed by atoms with Crippen molar-refractivity contribution in [3.63, 3.8) is 0 Å². The van der Waals surface area contributed by atoms with Crippen molar-refractivity contribution < 1.29 is 0 Å². The fraction of sp³-hybridized carbons (Fsp3) is 0.353. The predicted molar refractivity (Wildman–Crippen MR) is 95.3 cm³/mol. The first-order valence-electron chi connectivity index (χ1n) is 8.16. The lowest BCUT2D eigenvalue weighted by molar-refractivity contribution is 0.388. The molecule has 4 heterocycles. The zero-order valence-corrected chi connectivity index (χ0v) is 14.2. The van der Waals surface area contributed by atoms with Crippen LogP contribution in [0.15, 0.2) is 36.9 Å². The van der Waals surface area contributed by atoms with E-state index in [1.54, 1.807) is 18.6 Å². The third-order valence-corrected chi connectivity index (χ3v) is 4.70. The third kappa shape index (κ3) is 2.95. The van der Waals surface area contributed by atoms with Crippen LogP contribution in [-0.4, -0.2) is 38.0 Å². The van der Waals surface area contributed by atoms with E-state index in [0.29, 0.717) is 17.1 Å². The highest BCUT2D eigenvalue weighted by atomic mass is 35.5. The Hall–Kier alpha value is -2.18. The minimum absolute atomic E-state index is 0.365. The number of anilines is 1. The standard InChI is InChI=1S/C17H19ClN6/c1-11-13(3-2-5-20-11)22-16-10-19-8-14(23-16)15-9-21-17-7-12(18)4-6-24(15)17/h4,6-11,13,20H,2-3,5H2,1H3,(H,22,23)/t11-,13-/m1/s1. The smallest absolute Gasteiger partial charge is 0.145 e. The maximum atomic E-state index is 6.02. The summed E-state index contributed by atoms with van der Waals surface area (Å²) in [6, 6.07) is 4.45. The first-order chi connectivity index (χ1) is 11.7. The summed E-state index contributed by atoms with van der Waals surface area (Å²) >= 11 is 6.02. The maximum absolute atomic E-state index is 6.02. The SMILES string of the molecule is C[C@H]1NCCC[C@H]1Nc1cncc(-c2cnc3cc(Cl)ccn23)n1. The van der Waals surface area contributed by atoms with E-state index in [9.17, 15) is 0 Å². The van der Waals surface area contributed by atoms with Gasteiger partial charge in [0.15, 0.2) is 0 Å². The van der Waals surface area contributed by atoms with Gasteiger partial charge in [-0.3, -0.25) is 9.38 Å². The van der Waals surface area contributed by atoms with Gasteiger partial charge in [-0.2, -0.15) is 0 Å². The predicted octanol–water partition coefficient (Wildman–Crippen LogP) is 3.00. The van der Waals surface area contributed by atoms with Crippen LogP contribution in [-0.2, 0) is 0 Å². The Morgan fingerprint density at radius 3 is 3.12 bits per heavy atom. The molecule has 0 spiro atoms. The van der Waals surface area contributed by atoms with E-state index in [0.717, 1.165) is 35.8 Å². The molecule has 124 valence electrons. The molecule has 24 heavy (non-hydrogen) atoms. The molecule has 1 aliphatic heterocycles. The quantitative estimate of drug-likeness (QED) is 0.766. The molecule has 6 nitrogen and oxygen atoms in total. The number of imidazole rings is 1. The van der Waals surface area contributed by atoms with Gasteiger partial charge in [0.2, 0.25) is 0 Å². The van der Waals surface area contributed by atoms with E-state index in [2.05, 4.69) is 27.5 Å². The summed E-state index contributed by atoms with van der Waals surface area (Å²) in [5.74, 6) is 0.789. The van der Waals surface area contributed by atoms with Gasteiger partial charge < -0.3 is 10.6 Å². The fourth-order valence-corrected chi connectivity index (χ4v) is 3.29. The van der Waals surface area contributed by atoms with Crippen LogP contribution < -0.4 is 10.6 Å². The van der Waals surface area contributed by atoms with Gasteiger partial charge in [0.05, 0.1) is 24.3 Å². The van der Waals surface area contributed by atoms with E-state index in [4.69, 9.17) is 16.6 Å². The van der Waals surface area contributed by atoms with Crippen LogP contribution in [0.25, 0.3) is 17.0 Å². The van der Waals surface area contributed by atoms with Crippen molar-refractivity contribution in [2.75, 3.05) is 11.9 Å². The molecule has 0 unspecified atom stereocenters. The van der Waals surface area contributed by atoms with E-state index in [1.165, 1.54) is 6.42 Å². The number of nitrogens with one attached hydrogen (secondary N) is 2. The normalized spacial score (nSPS) is 21.1. The van der Waals surface area contributed by atoms with Crippen LogP contribution in [0.1, 0.15) is 19.8 Å². The molecular formula is C17H19ClN6. The second-order valence-corrected chi connectivity index (χ2v) is 6.58. The van der Waals surface area contributed by atoms with Crippen LogP contribution >= 0.6 is 11.6 Å². The van der Waals surface area contributed by atoms with E-state index >= 15 is 0 Å². The molecule has 1 fully saturated rings. The topological polar surface area (TPSA) is 67.1 Å². The molecule has 0 aromatic carbocycles. The molecule has 2 atom stereocenters. The lowest BCUT2D eigenvalue weighted by Crippen LogP contribution is -2.46. The number of halogens is 1. The fourth-order valence-electron chi connectivity index (χ4n) is 3.14. The second kappa shape index (κ2) is 6.37. The number of piperidine rings is 1. The van der Waals surface area contributed by atoms with Crippen molar-refractivity contribution in [1.82, 2.24) is 24.7 Å². The van der Waals surface area contributed by atoms with Crippen LogP contribution in [0.3, 0.4) is 0 Å². The zero-order valence-electron chi connectivity index (χ0n) is 13.4. The van der Waals surface area contributed by atoms with Gasteiger partial charge in [0.1, 0.15) is 17.2 Å². The molecule has 1 saturated heterocycles. The Labute approximate surface area is 145 Å². The first-order valence-corrected chi connectivity index (χ1v) is 8.53. The van der Waals surface area contributed by atoms with Crippen molar-refractivity contribution in [2.45, 2.75) is 31.8 Å². The van der Waals surface area contributed by atoms with Crippen molar-refractivity contribution >= 4 is 23.1 Å². The van der Waals surface area contributed by atoms with Gasteiger partial charge in [-0.15, -0.1) is 0 Å². The van der Waals surface area contributed by atoms with Gasteiger partial charge >= 0.3 is 0 Å². The number of pyridine rings is 1. The summed E-state index contributed by atoms with van der Waals surface area (Å²) < 4.78 is 1.96. The average Bonchev–Trinajstić information content (AvgIpc) is 3.00. The molecule has 0 amide bonds. The average molecular weight is 343 g/mol. The monoisotopic (exact) mass is 342 g/mol. The highest BCUT2D eigenvalue weighted by molar-refractivity contribution is 6.30. The summed E-state index contributed by atoms with van der Waals surface area (Å²) in [7, 11) is 0. The van der Waals surface area contributed by atoms with Gasteiger partial charge in [-0.05, 0) is 32.4 Å². The summed E-state index contributed by atoms with van der Waals surface area (Å²) in [6.45, 7) is 3.28. The zero-order chi connectivity index (χ0) is 16.5. The molecule has 3 aromatic rings. The first kappa shape index (κ1) is 15.4. The van der Waals surface area contributed by atoms with Crippen LogP contribution in [0.5, 0.6) is 0 Å². The largest absolute Gasteiger partial charge is 0.364 e. The number of hydrogen-bond acceptors (Lipinski definition) is 5. The Morgan fingerprint density at radius 2 is 2.25 bits per heavy atom. The summed E-state index contributed by atoms with van der Waals surface area (Å²) in [4.78, 5) is 13.5. The number of nitrogens with zero attached hydrogens (tertiary/aromatic N) is 4. The Morgan fingerprint density at radius 1 is 1.33 bits per heavy atom. The van der Waals surface area contributed by atoms with Gasteiger partial charge in [0, 0.05) is 29.4 Å². The summed E-state index contributed by atoms with van der Waals surface area (Å²) in [5, 5.41) is 7.66. The number of rotatable bonds is 3.